The van der Waals surface area contributed by atoms with E-state index in [0.29, 0.717) is 6.42 Å². The van der Waals surface area contributed by atoms with Gasteiger partial charge in [0.25, 0.3) is 0 Å². The monoisotopic (exact) mass is 319 g/mol. The third kappa shape index (κ3) is 3.38. The maximum Gasteiger partial charge on any atom is 0.242 e. The van der Waals surface area contributed by atoms with Crippen LogP contribution in [-0.2, 0) is 22.6 Å². The molecule has 2 aliphatic heterocycles. The molecule has 0 bridgehead atoms. The summed E-state index contributed by atoms with van der Waals surface area (Å²) in [4.78, 5) is 25.7. The first kappa shape index (κ1) is 16.0. The molecule has 1 saturated heterocycles. The molecule has 1 N–H and O–H groups in total. The van der Waals surface area contributed by atoms with Gasteiger partial charge in [-0.2, -0.15) is 0 Å². The summed E-state index contributed by atoms with van der Waals surface area (Å²) in [5.74, 6) is 1.86. The standard InChI is InChI=1S/C16H25N5O2/c1-2-14(22)17-11-15(23)20-10-6-7-12(20)16-19-18-13-8-4-3-5-9-21(13)16/h12H,2-11H2,1H3,(H,17,22)/t12-/m0/s1. The van der Waals surface area contributed by atoms with Gasteiger partial charge in [0, 0.05) is 25.9 Å². The van der Waals surface area contributed by atoms with Crippen LogP contribution in [0.3, 0.4) is 0 Å². The first-order valence-corrected chi connectivity index (χ1v) is 8.69. The van der Waals surface area contributed by atoms with E-state index in [2.05, 4.69) is 20.1 Å². The molecule has 1 aromatic heterocycles. The Labute approximate surface area is 136 Å². The van der Waals surface area contributed by atoms with Gasteiger partial charge < -0.3 is 14.8 Å². The molecule has 0 spiro atoms. The second-order valence-electron chi connectivity index (χ2n) is 6.31. The molecule has 3 rings (SSSR count). The molecule has 3 heterocycles. The van der Waals surface area contributed by atoms with Gasteiger partial charge in [-0.1, -0.05) is 13.3 Å². The van der Waals surface area contributed by atoms with E-state index >= 15 is 0 Å². The molecule has 0 radical (unpaired) electrons. The number of fused-ring (bicyclic) bond motifs is 1. The van der Waals surface area contributed by atoms with Gasteiger partial charge in [0.1, 0.15) is 5.82 Å². The zero-order valence-electron chi connectivity index (χ0n) is 13.8. The maximum atomic E-state index is 12.5. The van der Waals surface area contributed by atoms with Gasteiger partial charge in [-0.3, -0.25) is 9.59 Å². The number of nitrogens with zero attached hydrogens (tertiary/aromatic N) is 4. The van der Waals surface area contributed by atoms with Crippen LogP contribution >= 0.6 is 0 Å². The Hall–Kier alpha value is -1.92. The highest BCUT2D eigenvalue weighted by Crippen LogP contribution is 2.32. The van der Waals surface area contributed by atoms with Gasteiger partial charge in [0.15, 0.2) is 5.82 Å². The fourth-order valence-electron chi connectivity index (χ4n) is 3.49. The summed E-state index contributed by atoms with van der Waals surface area (Å²) in [6.45, 7) is 3.53. The van der Waals surface area contributed by atoms with E-state index in [9.17, 15) is 9.59 Å². The van der Waals surface area contributed by atoms with Crippen molar-refractivity contribution in [2.75, 3.05) is 13.1 Å². The minimum absolute atomic E-state index is 0.000351. The van der Waals surface area contributed by atoms with Crippen LogP contribution in [-0.4, -0.2) is 44.6 Å². The van der Waals surface area contributed by atoms with E-state index in [-0.39, 0.29) is 24.4 Å². The molecule has 1 atom stereocenters. The number of carbonyl (C=O) groups is 2. The maximum absolute atomic E-state index is 12.5. The Morgan fingerprint density at radius 3 is 2.87 bits per heavy atom. The van der Waals surface area contributed by atoms with Crippen molar-refractivity contribution in [1.82, 2.24) is 25.0 Å². The predicted octanol–water partition coefficient (Wildman–Crippen LogP) is 1.19. The van der Waals surface area contributed by atoms with Crippen LogP contribution in [0.2, 0.25) is 0 Å². The lowest BCUT2D eigenvalue weighted by Gasteiger charge is -2.24. The molecule has 126 valence electrons. The van der Waals surface area contributed by atoms with Crippen LogP contribution in [0.1, 0.15) is 63.1 Å². The van der Waals surface area contributed by atoms with Crippen molar-refractivity contribution >= 4 is 11.8 Å². The minimum atomic E-state index is -0.0922. The van der Waals surface area contributed by atoms with Crippen LogP contribution in [0.15, 0.2) is 0 Å². The highest BCUT2D eigenvalue weighted by Gasteiger charge is 2.34. The average molecular weight is 319 g/mol. The number of nitrogens with one attached hydrogen (secondary N) is 1. The summed E-state index contributed by atoms with van der Waals surface area (Å²) < 4.78 is 2.22. The lowest BCUT2D eigenvalue weighted by atomic mass is 10.2. The van der Waals surface area contributed by atoms with Gasteiger partial charge in [0.05, 0.1) is 12.6 Å². The Kier molecular flexibility index (Phi) is 4.93. The van der Waals surface area contributed by atoms with Crippen molar-refractivity contribution in [3.8, 4) is 0 Å². The first-order valence-electron chi connectivity index (χ1n) is 8.69. The molecule has 7 nitrogen and oxygen atoms in total. The Bertz CT molecular complexity index is 583. The molecular formula is C16H25N5O2. The van der Waals surface area contributed by atoms with Crippen LogP contribution in [0.4, 0.5) is 0 Å². The van der Waals surface area contributed by atoms with Gasteiger partial charge in [-0.05, 0) is 25.7 Å². The number of aryl methyl sites for hydroxylation is 1. The Morgan fingerprint density at radius 2 is 2.04 bits per heavy atom. The molecule has 23 heavy (non-hydrogen) atoms. The lowest BCUT2D eigenvalue weighted by Crippen LogP contribution is -2.40. The predicted molar refractivity (Wildman–Crippen MR) is 84.6 cm³/mol. The van der Waals surface area contributed by atoms with E-state index < -0.39 is 0 Å². The fourth-order valence-corrected chi connectivity index (χ4v) is 3.49. The van der Waals surface area contributed by atoms with Gasteiger partial charge in [-0.25, -0.2) is 0 Å². The molecule has 2 amide bonds. The van der Waals surface area contributed by atoms with E-state index in [0.717, 1.165) is 56.8 Å². The Morgan fingerprint density at radius 1 is 1.17 bits per heavy atom. The number of rotatable bonds is 4. The van der Waals surface area contributed by atoms with Crippen molar-refractivity contribution in [2.24, 2.45) is 0 Å². The van der Waals surface area contributed by atoms with Gasteiger partial charge in [-0.15, -0.1) is 10.2 Å². The zero-order valence-corrected chi connectivity index (χ0v) is 13.8. The summed E-state index contributed by atoms with van der Waals surface area (Å²) in [7, 11) is 0. The van der Waals surface area contributed by atoms with E-state index in [4.69, 9.17) is 0 Å². The molecule has 7 heteroatoms. The molecule has 2 aliphatic rings. The molecule has 0 aliphatic carbocycles. The summed E-state index contributed by atoms with van der Waals surface area (Å²) in [5, 5.41) is 11.4. The highest BCUT2D eigenvalue weighted by atomic mass is 16.2. The third-order valence-electron chi connectivity index (χ3n) is 4.77. The fraction of sp³-hybridized carbons (Fsp3) is 0.750. The zero-order chi connectivity index (χ0) is 16.2. The Balaban J connectivity index is 1.73. The van der Waals surface area contributed by atoms with Crippen molar-refractivity contribution in [3.05, 3.63) is 11.6 Å². The molecule has 0 saturated carbocycles. The lowest BCUT2D eigenvalue weighted by molar-refractivity contribution is -0.133. The van der Waals surface area contributed by atoms with Gasteiger partial charge >= 0.3 is 0 Å². The summed E-state index contributed by atoms with van der Waals surface area (Å²) >= 11 is 0. The third-order valence-corrected chi connectivity index (χ3v) is 4.77. The van der Waals surface area contributed by atoms with E-state index in [1.807, 2.05) is 4.90 Å². The molecule has 0 unspecified atom stereocenters. The highest BCUT2D eigenvalue weighted by molar-refractivity contribution is 5.84. The molecular weight excluding hydrogens is 294 g/mol. The average Bonchev–Trinajstić information content (AvgIpc) is 3.13. The number of likely N-dealkylation sites (tertiary alicyclic amines) is 1. The van der Waals surface area contributed by atoms with Crippen LogP contribution < -0.4 is 5.32 Å². The summed E-state index contributed by atoms with van der Waals surface area (Å²) in [6.07, 6.45) is 6.79. The SMILES string of the molecule is CCC(=O)NCC(=O)N1CCC[C@H]1c1nnc2n1CCCCC2. The summed E-state index contributed by atoms with van der Waals surface area (Å²) in [6, 6.07) is 0.000351. The number of hydrogen-bond donors (Lipinski definition) is 1. The van der Waals surface area contributed by atoms with Crippen LogP contribution in [0.25, 0.3) is 0 Å². The molecule has 0 aromatic carbocycles. The van der Waals surface area contributed by atoms with Crippen molar-refractivity contribution in [2.45, 2.75) is 64.5 Å². The molecule has 1 fully saturated rings. The van der Waals surface area contributed by atoms with Crippen LogP contribution in [0.5, 0.6) is 0 Å². The van der Waals surface area contributed by atoms with Crippen molar-refractivity contribution in [3.63, 3.8) is 0 Å². The van der Waals surface area contributed by atoms with E-state index in [1.165, 1.54) is 6.42 Å². The molecule has 1 aromatic rings. The quantitative estimate of drug-likeness (QED) is 0.904. The van der Waals surface area contributed by atoms with Crippen LogP contribution in [0, 0.1) is 0 Å². The second-order valence-corrected chi connectivity index (χ2v) is 6.31. The number of hydrogen-bond acceptors (Lipinski definition) is 4. The van der Waals surface area contributed by atoms with Crippen molar-refractivity contribution in [1.29, 1.82) is 0 Å². The number of aromatic nitrogens is 3. The normalized spacial score (nSPS) is 20.9. The largest absolute Gasteiger partial charge is 0.347 e. The topological polar surface area (TPSA) is 80.1 Å². The van der Waals surface area contributed by atoms with Gasteiger partial charge in [0.2, 0.25) is 11.8 Å². The summed E-state index contributed by atoms with van der Waals surface area (Å²) in [5.41, 5.74) is 0. The number of amides is 2. The first-order chi connectivity index (χ1) is 11.2. The van der Waals surface area contributed by atoms with E-state index in [1.54, 1.807) is 6.92 Å². The number of carbonyl (C=O) groups excluding carboxylic acids is 2. The van der Waals surface area contributed by atoms with Crippen molar-refractivity contribution < 1.29 is 9.59 Å². The smallest absolute Gasteiger partial charge is 0.242 e. The minimum Gasteiger partial charge on any atom is -0.347 e. The second kappa shape index (κ2) is 7.10.